The van der Waals surface area contributed by atoms with Gasteiger partial charge in [0.25, 0.3) is 5.91 Å². The maximum absolute atomic E-state index is 12.7. The lowest BCUT2D eigenvalue weighted by Crippen LogP contribution is -2.35. The van der Waals surface area contributed by atoms with Gasteiger partial charge in [0, 0.05) is 6.04 Å². The Balaban J connectivity index is 1.38. The number of benzene rings is 1. The van der Waals surface area contributed by atoms with Crippen molar-refractivity contribution in [3.05, 3.63) is 78.1 Å². The van der Waals surface area contributed by atoms with Crippen molar-refractivity contribution in [1.82, 2.24) is 10.2 Å². The number of anilines is 1. The second-order valence-corrected chi connectivity index (χ2v) is 7.07. The quantitative estimate of drug-likeness (QED) is 0.582. The summed E-state index contributed by atoms with van der Waals surface area (Å²) in [6.07, 6.45) is 5.36. The van der Waals surface area contributed by atoms with Gasteiger partial charge in [-0.05, 0) is 49.2 Å². The Morgan fingerprint density at radius 1 is 0.966 bits per heavy atom. The van der Waals surface area contributed by atoms with Crippen LogP contribution >= 0.6 is 0 Å². The summed E-state index contributed by atoms with van der Waals surface area (Å²) in [4.78, 5) is 27.3. The highest BCUT2D eigenvalue weighted by Gasteiger charge is 2.31. The summed E-state index contributed by atoms with van der Waals surface area (Å²) in [6.45, 7) is 1.12. The van der Waals surface area contributed by atoms with Gasteiger partial charge in [0.05, 0.1) is 43.4 Å². The third kappa shape index (κ3) is 5.14. The molecule has 0 saturated heterocycles. The predicted molar refractivity (Wildman–Crippen MR) is 107 cm³/mol. The molecular weight excluding hydrogens is 370 g/mol. The third-order valence-electron chi connectivity index (χ3n) is 4.80. The molecule has 150 valence electrons. The summed E-state index contributed by atoms with van der Waals surface area (Å²) < 4.78 is 10.6. The number of carbonyl (C=O) groups excluding carboxylic acids is 2. The number of nitrogens with one attached hydrogen (secondary N) is 2. The van der Waals surface area contributed by atoms with Crippen LogP contribution in [0.25, 0.3) is 0 Å². The van der Waals surface area contributed by atoms with Crippen molar-refractivity contribution in [3.8, 4) is 0 Å². The molecule has 1 aliphatic rings. The minimum Gasteiger partial charge on any atom is -0.468 e. The summed E-state index contributed by atoms with van der Waals surface area (Å²) >= 11 is 0. The van der Waals surface area contributed by atoms with E-state index in [0.29, 0.717) is 29.6 Å². The fourth-order valence-electron chi connectivity index (χ4n) is 3.20. The van der Waals surface area contributed by atoms with Crippen molar-refractivity contribution in [1.29, 1.82) is 0 Å². The van der Waals surface area contributed by atoms with Crippen molar-refractivity contribution in [2.75, 3.05) is 11.9 Å². The van der Waals surface area contributed by atoms with Gasteiger partial charge in [-0.2, -0.15) is 0 Å². The van der Waals surface area contributed by atoms with E-state index in [0.717, 1.165) is 18.6 Å². The zero-order valence-corrected chi connectivity index (χ0v) is 16.0. The molecule has 0 aliphatic heterocycles. The number of nitrogens with zero attached hydrogens (tertiary/aromatic N) is 1. The Hall–Kier alpha value is -3.32. The molecule has 4 rings (SSSR count). The van der Waals surface area contributed by atoms with E-state index in [-0.39, 0.29) is 24.9 Å². The molecule has 0 unspecified atom stereocenters. The van der Waals surface area contributed by atoms with Gasteiger partial charge in [-0.15, -0.1) is 0 Å². The van der Waals surface area contributed by atoms with Gasteiger partial charge < -0.3 is 19.5 Å². The van der Waals surface area contributed by atoms with Gasteiger partial charge in [0.1, 0.15) is 11.5 Å². The molecule has 7 nitrogen and oxygen atoms in total. The van der Waals surface area contributed by atoms with Crippen molar-refractivity contribution < 1.29 is 18.4 Å². The van der Waals surface area contributed by atoms with E-state index in [1.807, 2.05) is 12.1 Å². The second kappa shape index (κ2) is 8.79. The Morgan fingerprint density at radius 3 is 2.38 bits per heavy atom. The molecule has 1 saturated carbocycles. The summed E-state index contributed by atoms with van der Waals surface area (Å²) in [6, 6.07) is 14.7. The number of furan rings is 2. The van der Waals surface area contributed by atoms with Gasteiger partial charge >= 0.3 is 0 Å². The van der Waals surface area contributed by atoms with E-state index in [9.17, 15) is 9.59 Å². The van der Waals surface area contributed by atoms with Crippen molar-refractivity contribution in [3.63, 3.8) is 0 Å². The summed E-state index contributed by atoms with van der Waals surface area (Å²) in [7, 11) is 0. The largest absolute Gasteiger partial charge is 0.468 e. The first-order valence-corrected chi connectivity index (χ1v) is 9.65. The normalized spacial score (nSPS) is 13.4. The topological polar surface area (TPSA) is 87.7 Å². The fraction of sp³-hybridized carbons (Fsp3) is 0.273. The number of rotatable bonds is 9. The van der Waals surface area contributed by atoms with Crippen LogP contribution in [0.15, 0.2) is 69.9 Å². The second-order valence-electron chi connectivity index (χ2n) is 7.07. The number of para-hydroxylation sites is 1. The lowest BCUT2D eigenvalue weighted by atomic mass is 10.1. The van der Waals surface area contributed by atoms with Crippen LogP contribution in [0.1, 0.15) is 34.7 Å². The van der Waals surface area contributed by atoms with E-state index in [2.05, 4.69) is 15.5 Å². The first-order chi connectivity index (χ1) is 14.2. The first kappa shape index (κ1) is 19.0. The van der Waals surface area contributed by atoms with Gasteiger partial charge in [0.2, 0.25) is 5.91 Å². The molecule has 29 heavy (non-hydrogen) atoms. The molecule has 1 aromatic carbocycles. The number of hydrogen-bond donors (Lipinski definition) is 2. The van der Waals surface area contributed by atoms with Crippen LogP contribution in [0.3, 0.4) is 0 Å². The van der Waals surface area contributed by atoms with Gasteiger partial charge in [-0.3, -0.25) is 14.5 Å². The van der Waals surface area contributed by atoms with E-state index < -0.39 is 0 Å². The Kier molecular flexibility index (Phi) is 5.76. The lowest BCUT2D eigenvalue weighted by Gasteiger charge is -2.20. The first-order valence-electron chi connectivity index (χ1n) is 9.65. The zero-order chi connectivity index (χ0) is 20.1. The van der Waals surface area contributed by atoms with Gasteiger partial charge in [-0.1, -0.05) is 12.1 Å². The van der Waals surface area contributed by atoms with Crippen LogP contribution in [0.4, 0.5) is 5.69 Å². The molecule has 2 aromatic heterocycles. The molecule has 2 N–H and O–H groups in total. The molecule has 7 heteroatoms. The number of hydrogen-bond acceptors (Lipinski definition) is 5. The number of carbonyl (C=O) groups is 2. The van der Waals surface area contributed by atoms with E-state index >= 15 is 0 Å². The van der Waals surface area contributed by atoms with Gasteiger partial charge in [0.15, 0.2) is 0 Å². The molecule has 1 fully saturated rings. The Morgan fingerprint density at radius 2 is 1.69 bits per heavy atom. The molecule has 1 aliphatic carbocycles. The summed E-state index contributed by atoms with van der Waals surface area (Å²) in [5.74, 6) is 1.07. The molecule has 0 atom stereocenters. The summed E-state index contributed by atoms with van der Waals surface area (Å²) in [5.41, 5.74) is 0.902. The van der Waals surface area contributed by atoms with Crippen LogP contribution in [0.2, 0.25) is 0 Å². The predicted octanol–water partition coefficient (Wildman–Crippen LogP) is 3.41. The molecule has 0 spiro atoms. The third-order valence-corrected chi connectivity index (χ3v) is 4.80. The van der Waals surface area contributed by atoms with Crippen LogP contribution in [0, 0.1) is 0 Å². The van der Waals surface area contributed by atoms with Crippen LogP contribution in [-0.4, -0.2) is 29.3 Å². The smallest absolute Gasteiger partial charge is 0.253 e. The van der Waals surface area contributed by atoms with Crippen LogP contribution in [-0.2, 0) is 17.9 Å². The monoisotopic (exact) mass is 393 g/mol. The SMILES string of the molecule is O=C(CN(Cc1ccco1)C1CC1)Nc1ccccc1C(=O)NCc1ccco1. The van der Waals surface area contributed by atoms with Crippen molar-refractivity contribution in [2.24, 2.45) is 0 Å². The zero-order valence-electron chi connectivity index (χ0n) is 16.0. The highest BCUT2D eigenvalue weighted by molar-refractivity contribution is 6.04. The van der Waals surface area contributed by atoms with Crippen LogP contribution in [0.5, 0.6) is 0 Å². The van der Waals surface area contributed by atoms with E-state index in [1.165, 1.54) is 0 Å². The van der Waals surface area contributed by atoms with Gasteiger partial charge in [-0.25, -0.2) is 0 Å². The fourth-order valence-corrected chi connectivity index (χ4v) is 3.20. The highest BCUT2D eigenvalue weighted by atomic mass is 16.3. The Labute approximate surface area is 168 Å². The minimum absolute atomic E-state index is 0.158. The molecule has 0 bridgehead atoms. The highest BCUT2D eigenvalue weighted by Crippen LogP contribution is 2.28. The lowest BCUT2D eigenvalue weighted by molar-refractivity contribution is -0.117. The number of amides is 2. The maximum atomic E-state index is 12.7. The average Bonchev–Trinajstić information content (AvgIpc) is 3.20. The molecule has 0 radical (unpaired) electrons. The van der Waals surface area contributed by atoms with E-state index in [4.69, 9.17) is 8.83 Å². The van der Waals surface area contributed by atoms with Crippen molar-refractivity contribution in [2.45, 2.75) is 32.0 Å². The molecule has 2 amide bonds. The standard InChI is InChI=1S/C22H23N3O4/c26-21(15-25(16-9-10-16)14-18-6-4-12-29-18)24-20-8-2-1-7-19(20)22(27)23-13-17-5-3-11-28-17/h1-8,11-12,16H,9-10,13-15H2,(H,23,27)(H,24,26). The average molecular weight is 393 g/mol. The molecular formula is C22H23N3O4. The summed E-state index contributed by atoms with van der Waals surface area (Å²) in [5, 5.41) is 5.69. The van der Waals surface area contributed by atoms with Crippen molar-refractivity contribution >= 4 is 17.5 Å². The Bertz CT molecular complexity index is 946. The molecule has 3 aromatic rings. The molecule has 2 heterocycles. The minimum atomic E-state index is -0.271. The van der Waals surface area contributed by atoms with E-state index in [1.54, 1.807) is 48.9 Å². The maximum Gasteiger partial charge on any atom is 0.253 e. The van der Waals surface area contributed by atoms with Crippen LogP contribution < -0.4 is 10.6 Å².